The first-order valence-corrected chi connectivity index (χ1v) is 7.58. The molecule has 0 aromatic heterocycles. The van der Waals surface area contributed by atoms with Crippen molar-refractivity contribution >= 4 is 28.1 Å². The molecule has 0 radical (unpaired) electrons. The van der Waals surface area contributed by atoms with E-state index in [1.165, 1.54) is 24.4 Å². The summed E-state index contributed by atoms with van der Waals surface area (Å²) in [5, 5.41) is 23.1. The number of carbonyl (C=O) groups excluding carboxylic acids is 1. The first-order valence-electron chi connectivity index (χ1n) is 6.79. The van der Waals surface area contributed by atoms with Gasteiger partial charge in [0.1, 0.15) is 5.75 Å². The second-order valence-corrected chi connectivity index (χ2v) is 5.44. The highest BCUT2D eigenvalue weighted by Gasteiger charge is 2.10. The number of rotatable bonds is 5. The highest BCUT2D eigenvalue weighted by molar-refractivity contribution is 9.10. The third-order valence-electron chi connectivity index (χ3n) is 2.87. The smallest absolute Gasteiger partial charge is 0.275 e. The van der Waals surface area contributed by atoms with Gasteiger partial charge in [0.2, 0.25) is 0 Å². The predicted molar refractivity (Wildman–Crippen MR) is 90.1 cm³/mol. The summed E-state index contributed by atoms with van der Waals surface area (Å²) in [4.78, 5) is 12.0. The average Bonchev–Trinajstić information content (AvgIpc) is 2.53. The van der Waals surface area contributed by atoms with Gasteiger partial charge in [-0.1, -0.05) is 15.9 Å². The molecule has 2 aromatic carbocycles. The van der Waals surface area contributed by atoms with Crippen LogP contribution in [0.2, 0.25) is 0 Å². The Labute approximate surface area is 141 Å². The molecule has 0 aliphatic carbocycles. The summed E-state index contributed by atoms with van der Waals surface area (Å²) in [7, 11) is 0. The van der Waals surface area contributed by atoms with Crippen LogP contribution in [0.1, 0.15) is 22.8 Å². The molecule has 6 nitrogen and oxygen atoms in total. The molecular weight excluding hydrogens is 364 g/mol. The van der Waals surface area contributed by atoms with E-state index in [0.29, 0.717) is 22.4 Å². The maximum atomic E-state index is 12.0. The number of hydrogen-bond donors (Lipinski definition) is 3. The van der Waals surface area contributed by atoms with E-state index in [9.17, 15) is 15.0 Å². The number of hydrazone groups is 1. The Morgan fingerprint density at radius 3 is 2.74 bits per heavy atom. The molecule has 2 rings (SSSR count). The molecule has 0 heterocycles. The molecule has 0 fully saturated rings. The number of phenolic OH excluding ortho intramolecular Hbond substituents is 2. The first kappa shape index (κ1) is 16.8. The largest absolute Gasteiger partial charge is 0.507 e. The van der Waals surface area contributed by atoms with Crippen LogP contribution in [-0.4, -0.2) is 28.9 Å². The van der Waals surface area contributed by atoms with Crippen molar-refractivity contribution in [3.05, 3.63) is 52.0 Å². The Morgan fingerprint density at radius 1 is 1.26 bits per heavy atom. The van der Waals surface area contributed by atoms with Crippen molar-refractivity contribution in [2.45, 2.75) is 6.92 Å². The monoisotopic (exact) mass is 378 g/mol. The molecular formula is C16H15BrN2O4. The van der Waals surface area contributed by atoms with Gasteiger partial charge in [-0.15, -0.1) is 0 Å². The van der Waals surface area contributed by atoms with Crippen LogP contribution in [0.15, 0.2) is 46.0 Å². The number of carbonyl (C=O) groups is 1. The van der Waals surface area contributed by atoms with Gasteiger partial charge >= 0.3 is 0 Å². The minimum absolute atomic E-state index is 0.0343. The summed E-state index contributed by atoms with van der Waals surface area (Å²) >= 11 is 3.23. The summed E-state index contributed by atoms with van der Waals surface area (Å²) in [5.74, 6) is -0.299. The Morgan fingerprint density at radius 2 is 2.00 bits per heavy atom. The lowest BCUT2D eigenvalue weighted by atomic mass is 10.2. The topological polar surface area (TPSA) is 91.2 Å². The van der Waals surface area contributed by atoms with Crippen LogP contribution in [0.25, 0.3) is 0 Å². The fourth-order valence-electron chi connectivity index (χ4n) is 1.80. The molecule has 2 aromatic rings. The van der Waals surface area contributed by atoms with Crippen LogP contribution in [0.5, 0.6) is 17.2 Å². The number of aromatic hydroxyl groups is 2. The van der Waals surface area contributed by atoms with Gasteiger partial charge in [0.15, 0.2) is 11.5 Å². The summed E-state index contributed by atoms with van der Waals surface area (Å²) in [5.41, 5.74) is 3.08. The van der Waals surface area contributed by atoms with E-state index in [1.54, 1.807) is 18.2 Å². The fraction of sp³-hybridized carbons (Fsp3) is 0.125. The fourth-order valence-corrected chi connectivity index (χ4v) is 2.16. The highest BCUT2D eigenvalue weighted by atomic mass is 79.9. The summed E-state index contributed by atoms with van der Waals surface area (Å²) in [6.07, 6.45) is 1.41. The van der Waals surface area contributed by atoms with E-state index in [4.69, 9.17) is 4.74 Å². The third-order valence-corrected chi connectivity index (χ3v) is 3.36. The Hall–Kier alpha value is -2.54. The van der Waals surface area contributed by atoms with Gasteiger partial charge in [-0.25, -0.2) is 5.43 Å². The number of halogens is 1. The van der Waals surface area contributed by atoms with E-state index in [-0.39, 0.29) is 17.1 Å². The minimum atomic E-state index is -0.538. The van der Waals surface area contributed by atoms with Crippen molar-refractivity contribution in [3.63, 3.8) is 0 Å². The molecule has 0 aliphatic rings. The minimum Gasteiger partial charge on any atom is -0.507 e. The number of ether oxygens (including phenoxy) is 1. The molecule has 7 heteroatoms. The molecule has 1 amide bonds. The molecule has 0 saturated heterocycles. The molecule has 120 valence electrons. The van der Waals surface area contributed by atoms with Gasteiger partial charge in [-0.05, 0) is 48.9 Å². The van der Waals surface area contributed by atoms with Gasteiger partial charge in [-0.3, -0.25) is 4.79 Å². The second-order valence-electron chi connectivity index (χ2n) is 4.52. The second kappa shape index (κ2) is 7.64. The summed E-state index contributed by atoms with van der Waals surface area (Å²) in [6.45, 7) is 2.23. The Balaban J connectivity index is 2.08. The first-order chi connectivity index (χ1) is 11.0. The average molecular weight is 379 g/mol. The molecule has 0 saturated carbocycles. The lowest BCUT2D eigenvalue weighted by Crippen LogP contribution is -2.17. The van der Waals surface area contributed by atoms with Gasteiger partial charge in [-0.2, -0.15) is 5.10 Å². The zero-order chi connectivity index (χ0) is 16.8. The Bertz CT molecular complexity index is 747. The predicted octanol–water partition coefficient (Wildman–Crippen LogP) is 3.02. The zero-order valence-electron chi connectivity index (χ0n) is 12.3. The quantitative estimate of drug-likeness (QED) is 0.550. The van der Waals surface area contributed by atoms with E-state index >= 15 is 0 Å². The van der Waals surface area contributed by atoms with E-state index in [2.05, 4.69) is 26.5 Å². The van der Waals surface area contributed by atoms with Crippen LogP contribution in [0.4, 0.5) is 0 Å². The summed E-state index contributed by atoms with van der Waals surface area (Å²) < 4.78 is 5.94. The SMILES string of the molecule is CCOc1cc(C=NNC(=O)c2cc(Br)ccc2O)ccc1O. The van der Waals surface area contributed by atoms with E-state index in [1.807, 2.05) is 6.92 Å². The van der Waals surface area contributed by atoms with Gasteiger partial charge in [0.25, 0.3) is 5.91 Å². The molecule has 0 bridgehead atoms. The van der Waals surface area contributed by atoms with Crippen molar-refractivity contribution in [1.82, 2.24) is 5.43 Å². The molecule has 0 unspecified atom stereocenters. The van der Waals surface area contributed by atoms with Crippen molar-refractivity contribution in [1.29, 1.82) is 0 Å². The maximum Gasteiger partial charge on any atom is 0.275 e. The number of benzene rings is 2. The van der Waals surface area contributed by atoms with Gasteiger partial charge in [0, 0.05) is 4.47 Å². The van der Waals surface area contributed by atoms with E-state index < -0.39 is 5.91 Å². The molecule has 23 heavy (non-hydrogen) atoms. The van der Waals surface area contributed by atoms with Gasteiger partial charge in [0.05, 0.1) is 18.4 Å². The lowest BCUT2D eigenvalue weighted by Gasteiger charge is -2.06. The molecule has 0 spiro atoms. The van der Waals surface area contributed by atoms with Crippen LogP contribution < -0.4 is 10.2 Å². The number of amides is 1. The number of nitrogens with zero attached hydrogens (tertiary/aromatic N) is 1. The maximum absolute atomic E-state index is 12.0. The van der Waals surface area contributed by atoms with Gasteiger partial charge < -0.3 is 14.9 Å². The zero-order valence-corrected chi connectivity index (χ0v) is 13.9. The van der Waals surface area contributed by atoms with Crippen molar-refractivity contribution in [3.8, 4) is 17.2 Å². The van der Waals surface area contributed by atoms with Crippen LogP contribution >= 0.6 is 15.9 Å². The highest BCUT2D eigenvalue weighted by Crippen LogP contribution is 2.26. The Kier molecular flexibility index (Phi) is 5.59. The molecule has 0 atom stereocenters. The number of nitrogens with one attached hydrogen (secondary N) is 1. The normalized spacial score (nSPS) is 10.7. The standard InChI is InChI=1S/C16H15BrN2O4/c1-2-23-15-7-10(3-5-14(15)21)9-18-19-16(22)12-8-11(17)4-6-13(12)20/h3-9,20-21H,2H2,1H3,(H,19,22). The van der Waals surface area contributed by atoms with Crippen LogP contribution in [0.3, 0.4) is 0 Å². The lowest BCUT2D eigenvalue weighted by molar-refractivity contribution is 0.0952. The van der Waals surface area contributed by atoms with Crippen LogP contribution in [0, 0.1) is 0 Å². The number of hydrogen-bond acceptors (Lipinski definition) is 5. The molecule has 0 aliphatic heterocycles. The van der Waals surface area contributed by atoms with Crippen LogP contribution in [-0.2, 0) is 0 Å². The van der Waals surface area contributed by atoms with Crippen molar-refractivity contribution in [2.24, 2.45) is 5.10 Å². The number of phenols is 2. The van der Waals surface area contributed by atoms with E-state index in [0.717, 1.165) is 0 Å². The summed E-state index contributed by atoms with van der Waals surface area (Å²) in [6, 6.07) is 9.25. The third kappa shape index (κ3) is 4.46. The molecule has 3 N–H and O–H groups in total. The van der Waals surface area contributed by atoms with Crippen molar-refractivity contribution in [2.75, 3.05) is 6.61 Å². The van der Waals surface area contributed by atoms with Crippen molar-refractivity contribution < 1.29 is 19.7 Å².